The molecule has 4 aromatic rings. The number of hydrogen-bond acceptors (Lipinski definition) is 5. The molecule has 0 aliphatic carbocycles. The van der Waals surface area contributed by atoms with Gasteiger partial charge in [0, 0.05) is 25.7 Å². The second-order valence-corrected chi connectivity index (χ2v) is 7.88. The standard InChI is InChI=1S/C23H22FN5O/c1-15-26-21-12-17(24)6-7-18(21)23(30)29(15)14-16-8-10-28(11-9-16)22-13-25-19-4-2-3-5-20(19)27-22/h2-7,12-13,16H,8-11,14H2,1H3. The van der Waals surface area contributed by atoms with Gasteiger partial charge in [-0.2, -0.15) is 0 Å². The molecule has 6 nitrogen and oxygen atoms in total. The number of halogens is 1. The Bertz CT molecular complexity index is 1290. The molecule has 2 aromatic carbocycles. The minimum Gasteiger partial charge on any atom is -0.355 e. The summed E-state index contributed by atoms with van der Waals surface area (Å²) < 4.78 is 15.2. The van der Waals surface area contributed by atoms with E-state index in [1.165, 1.54) is 18.2 Å². The van der Waals surface area contributed by atoms with Crippen LogP contribution in [0.5, 0.6) is 0 Å². The molecular formula is C23H22FN5O. The van der Waals surface area contributed by atoms with Crippen LogP contribution in [0.25, 0.3) is 21.9 Å². The van der Waals surface area contributed by atoms with Gasteiger partial charge >= 0.3 is 0 Å². The largest absolute Gasteiger partial charge is 0.355 e. The maximum Gasteiger partial charge on any atom is 0.261 e. The second-order valence-electron chi connectivity index (χ2n) is 7.88. The van der Waals surface area contributed by atoms with Crippen molar-refractivity contribution in [3.05, 3.63) is 70.7 Å². The molecule has 1 aliphatic rings. The Hall–Kier alpha value is -3.35. The number of anilines is 1. The zero-order chi connectivity index (χ0) is 20.7. The lowest BCUT2D eigenvalue weighted by Crippen LogP contribution is -2.37. The van der Waals surface area contributed by atoms with Crippen LogP contribution in [0.15, 0.2) is 53.5 Å². The van der Waals surface area contributed by atoms with Crippen LogP contribution in [0.4, 0.5) is 10.2 Å². The molecule has 0 saturated carbocycles. The lowest BCUT2D eigenvalue weighted by molar-refractivity contribution is 0.348. The Balaban J connectivity index is 1.32. The van der Waals surface area contributed by atoms with Crippen molar-refractivity contribution in [1.82, 2.24) is 19.5 Å². The van der Waals surface area contributed by atoms with Gasteiger partial charge in [0.15, 0.2) is 0 Å². The van der Waals surface area contributed by atoms with E-state index >= 15 is 0 Å². The van der Waals surface area contributed by atoms with Gasteiger partial charge in [0.05, 0.1) is 28.1 Å². The molecule has 0 radical (unpaired) electrons. The molecule has 0 bridgehead atoms. The minimum atomic E-state index is -0.379. The highest BCUT2D eigenvalue weighted by atomic mass is 19.1. The lowest BCUT2D eigenvalue weighted by atomic mass is 9.96. The molecule has 1 fully saturated rings. The maximum atomic E-state index is 13.5. The fourth-order valence-corrected chi connectivity index (χ4v) is 4.22. The Morgan fingerprint density at radius 2 is 1.80 bits per heavy atom. The summed E-state index contributed by atoms with van der Waals surface area (Å²) in [4.78, 5) is 28.9. The second kappa shape index (κ2) is 7.48. The first-order valence-corrected chi connectivity index (χ1v) is 10.2. The van der Waals surface area contributed by atoms with Crippen LogP contribution in [0, 0.1) is 18.7 Å². The number of hydrogen-bond donors (Lipinski definition) is 0. The molecule has 5 rings (SSSR count). The van der Waals surface area contributed by atoms with Crippen molar-refractivity contribution in [2.24, 2.45) is 5.92 Å². The predicted molar refractivity (Wildman–Crippen MR) is 115 cm³/mol. The van der Waals surface area contributed by atoms with E-state index in [1.54, 1.807) is 4.57 Å². The highest BCUT2D eigenvalue weighted by molar-refractivity contribution is 5.77. The number of rotatable bonds is 3. The van der Waals surface area contributed by atoms with Crippen LogP contribution in [0.1, 0.15) is 18.7 Å². The summed E-state index contributed by atoms with van der Waals surface area (Å²) in [5.74, 6) is 1.53. The van der Waals surface area contributed by atoms with Crippen molar-refractivity contribution >= 4 is 27.8 Å². The first-order chi connectivity index (χ1) is 14.6. The van der Waals surface area contributed by atoms with Crippen LogP contribution < -0.4 is 10.5 Å². The number of para-hydroxylation sites is 2. The van der Waals surface area contributed by atoms with Crippen molar-refractivity contribution in [3.8, 4) is 0 Å². The van der Waals surface area contributed by atoms with Crippen molar-refractivity contribution < 1.29 is 4.39 Å². The topological polar surface area (TPSA) is 63.9 Å². The molecule has 2 aromatic heterocycles. The van der Waals surface area contributed by atoms with Gasteiger partial charge in [-0.25, -0.2) is 14.4 Å². The van der Waals surface area contributed by atoms with E-state index in [0.29, 0.717) is 29.2 Å². The molecule has 0 atom stereocenters. The number of aryl methyl sites for hydroxylation is 1. The van der Waals surface area contributed by atoms with E-state index in [0.717, 1.165) is 42.8 Å². The molecule has 1 saturated heterocycles. The van der Waals surface area contributed by atoms with Gasteiger partial charge in [-0.1, -0.05) is 12.1 Å². The predicted octanol–water partition coefficient (Wildman–Crippen LogP) is 3.70. The summed E-state index contributed by atoms with van der Waals surface area (Å²) >= 11 is 0. The van der Waals surface area contributed by atoms with Gasteiger partial charge in [0.1, 0.15) is 17.5 Å². The molecule has 0 unspecified atom stereocenters. The summed E-state index contributed by atoms with van der Waals surface area (Å²) in [5, 5.41) is 0.464. The molecule has 152 valence electrons. The maximum absolute atomic E-state index is 13.5. The zero-order valence-corrected chi connectivity index (χ0v) is 16.8. The fraction of sp³-hybridized carbons (Fsp3) is 0.304. The van der Waals surface area contributed by atoms with E-state index < -0.39 is 0 Å². The Labute approximate surface area is 173 Å². The van der Waals surface area contributed by atoms with E-state index in [2.05, 4.69) is 14.9 Å². The fourth-order valence-electron chi connectivity index (χ4n) is 4.22. The number of nitrogens with zero attached hydrogens (tertiary/aromatic N) is 5. The first-order valence-electron chi connectivity index (χ1n) is 10.2. The monoisotopic (exact) mass is 403 g/mol. The average Bonchev–Trinajstić information content (AvgIpc) is 2.76. The lowest BCUT2D eigenvalue weighted by Gasteiger charge is -2.33. The molecule has 0 N–H and O–H groups in total. The highest BCUT2D eigenvalue weighted by Gasteiger charge is 2.22. The minimum absolute atomic E-state index is 0.0969. The van der Waals surface area contributed by atoms with Crippen molar-refractivity contribution in [2.75, 3.05) is 18.0 Å². The smallest absolute Gasteiger partial charge is 0.261 e. The molecule has 1 aliphatic heterocycles. The normalized spacial score (nSPS) is 15.2. The summed E-state index contributed by atoms with van der Waals surface area (Å²) in [5.41, 5.74) is 2.12. The van der Waals surface area contributed by atoms with Gasteiger partial charge in [0.25, 0.3) is 5.56 Å². The van der Waals surface area contributed by atoms with Crippen molar-refractivity contribution in [2.45, 2.75) is 26.3 Å². The third-order valence-electron chi connectivity index (χ3n) is 5.92. The number of benzene rings is 2. The molecule has 3 heterocycles. The summed E-state index contributed by atoms with van der Waals surface area (Å²) in [7, 11) is 0. The van der Waals surface area contributed by atoms with E-state index in [1.807, 2.05) is 37.4 Å². The SMILES string of the molecule is Cc1nc2cc(F)ccc2c(=O)n1CC1CCN(c2cnc3ccccc3n2)CC1. The van der Waals surface area contributed by atoms with Gasteiger partial charge in [0.2, 0.25) is 0 Å². The molecule has 30 heavy (non-hydrogen) atoms. The number of aromatic nitrogens is 4. The van der Waals surface area contributed by atoms with Gasteiger partial charge < -0.3 is 4.90 Å². The van der Waals surface area contributed by atoms with Gasteiger partial charge in [-0.05, 0) is 49.9 Å². The third-order valence-corrected chi connectivity index (χ3v) is 5.92. The van der Waals surface area contributed by atoms with Crippen molar-refractivity contribution in [1.29, 1.82) is 0 Å². The summed E-state index contributed by atoms with van der Waals surface area (Å²) in [6, 6.07) is 12.0. The third kappa shape index (κ3) is 3.40. The summed E-state index contributed by atoms with van der Waals surface area (Å²) in [6.45, 7) is 4.18. The van der Waals surface area contributed by atoms with Crippen LogP contribution in [-0.2, 0) is 6.54 Å². The van der Waals surface area contributed by atoms with E-state index in [-0.39, 0.29) is 11.4 Å². The molecule has 7 heteroatoms. The average molecular weight is 403 g/mol. The van der Waals surface area contributed by atoms with Gasteiger partial charge in [-0.3, -0.25) is 14.3 Å². The quantitative estimate of drug-likeness (QED) is 0.522. The zero-order valence-electron chi connectivity index (χ0n) is 16.8. The van der Waals surface area contributed by atoms with Crippen LogP contribution in [0.3, 0.4) is 0 Å². The van der Waals surface area contributed by atoms with E-state index in [4.69, 9.17) is 4.98 Å². The highest BCUT2D eigenvalue weighted by Crippen LogP contribution is 2.24. The first kappa shape index (κ1) is 18.7. The van der Waals surface area contributed by atoms with Crippen LogP contribution in [0.2, 0.25) is 0 Å². The van der Waals surface area contributed by atoms with Gasteiger partial charge in [-0.15, -0.1) is 0 Å². The Morgan fingerprint density at radius 3 is 2.60 bits per heavy atom. The molecular weight excluding hydrogens is 381 g/mol. The van der Waals surface area contributed by atoms with E-state index in [9.17, 15) is 9.18 Å². The van der Waals surface area contributed by atoms with Crippen molar-refractivity contribution in [3.63, 3.8) is 0 Å². The van der Waals surface area contributed by atoms with Crippen LogP contribution in [-0.4, -0.2) is 32.6 Å². The number of fused-ring (bicyclic) bond motifs is 2. The van der Waals surface area contributed by atoms with Crippen LogP contribution >= 0.6 is 0 Å². The molecule has 0 amide bonds. The molecule has 0 spiro atoms. The Morgan fingerprint density at radius 1 is 1.03 bits per heavy atom. The number of piperidine rings is 1. The Kier molecular flexibility index (Phi) is 4.65. The summed E-state index contributed by atoms with van der Waals surface area (Å²) in [6.07, 6.45) is 3.76.